The Bertz CT molecular complexity index is 611. The second-order valence-electron chi connectivity index (χ2n) is 5.94. The molecule has 0 aliphatic carbocycles. The van der Waals surface area contributed by atoms with Crippen molar-refractivity contribution in [2.45, 2.75) is 38.0 Å². The summed E-state index contributed by atoms with van der Waals surface area (Å²) in [6.45, 7) is 6.32. The second kappa shape index (κ2) is 4.02. The first kappa shape index (κ1) is 13.1. The van der Waals surface area contributed by atoms with E-state index >= 15 is 0 Å². The number of nitrogens with zero attached hydrogens (tertiary/aromatic N) is 2. The van der Waals surface area contributed by atoms with E-state index in [2.05, 4.69) is 4.99 Å². The molecule has 0 aromatic heterocycles. The molecule has 0 N–H and O–H groups in total. The number of nitro benzene ring substituents is 1. The summed E-state index contributed by atoms with van der Waals surface area (Å²) in [7, 11) is 0. The monoisotopic (exact) mass is 276 g/mol. The topological polar surface area (TPSA) is 77.3 Å². The first-order valence-electron chi connectivity index (χ1n) is 6.48. The highest BCUT2D eigenvalue weighted by molar-refractivity contribution is 5.90. The van der Waals surface area contributed by atoms with Crippen molar-refractivity contribution in [2.24, 2.45) is 4.99 Å². The molecule has 2 aliphatic heterocycles. The summed E-state index contributed by atoms with van der Waals surface area (Å²) in [6, 6.07) is 6.62. The molecule has 20 heavy (non-hydrogen) atoms. The molecule has 0 unspecified atom stereocenters. The van der Waals surface area contributed by atoms with Crippen LogP contribution < -0.4 is 0 Å². The fourth-order valence-corrected chi connectivity index (χ4v) is 2.45. The minimum absolute atomic E-state index is 0.0686. The van der Waals surface area contributed by atoms with Crippen LogP contribution in [0, 0.1) is 10.1 Å². The zero-order valence-corrected chi connectivity index (χ0v) is 11.6. The summed E-state index contributed by atoms with van der Waals surface area (Å²) in [5, 5.41) is 11.1. The fourth-order valence-electron chi connectivity index (χ4n) is 2.45. The van der Waals surface area contributed by atoms with Crippen LogP contribution in [0.15, 0.2) is 29.3 Å². The van der Waals surface area contributed by atoms with E-state index in [4.69, 9.17) is 9.47 Å². The Hall–Kier alpha value is -1.95. The smallest absolute Gasteiger partial charge is 0.275 e. The third-order valence-electron chi connectivity index (χ3n) is 3.61. The molecular weight excluding hydrogens is 260 g/mol. The Kier molecular flexibility index (Phi) is 2.62. The first-order valence-corrected chi connectivity index (χ1v) is 6.48. The van der Waals surface area contributed by atoms with Gasteiger partial charge in [-0.05, 0) is 26.8 Å². The van der Waals surface area contributed by atoms with Crippen molar-refractivity contribution >= 4 is 11.6 Å². The van der Waals surface area contributed by atoms with Gasteiger partial charge in [-0.2, -0.15) is 0 Å². The van der Waals surface area contributed by atoms with Crippen LogP contribution >= 0.6 is 0 Å². The van der Waals surface area contributed by atoms with Crippen LogP contribution in [-0.4, -0.2) is 28.6 Å². The Morgan fingerprint density at radius 3 is 2.65 bits per heavy atom. The maximum Gasteiger partial charge on any atom is 0.275 e. The van der Waals surface area contributed by atoms with Crippen molar-refractivity contribution in [2.75, 3.05) is 6.61 Å². The molecule has 1 fully saturated rings. The third-order valence-corrected chi connectivity index (χ3v) is 3.61. The highest BCUT2D eigenvalue weighted by Crippen LogP contribution is 2.53. The van der Waals surface area contributed by atoms with E-state index in [1.165, 1.54) is 6.07 Å². The Morgan fingerprint density at radius 1 is 1.35 bits per heavy atom. The summed E-state index contributed by atoms with van der Waals surface area (Å²) >= 11 is 0. The van der Waals surface area contributed by atoms with Gasteiger partial charge in [0.05, 0.1) is 16.0 Å². The van der Waals surface area contributed by atoms with Crippen molar-refractivity contribution < 1.29 is 14.4 Å². The Morgan fingerprint density at radius 2 is 2.05 bits per heavy atom. The van der Waals surface area contributed by atoms with Crippen LogP contribution in [0.5, 0.6) is 0 Å². The van der Waals surface area contributed by atoms with Gasteiger partial charge >= 0.3 is 0 Å². The molecule has 2 aliphatic rings. The van der Waals surface area contributed by atoms with Gasteiger partial charge in [0, 0.05) is 6.07 Å². The van der Waals surface area contributed by atoms with Crippen LogP contribution in [-0.2, 0) is 9.47 Å². The van der Waals surface area contributed by atoms with Crippen molar-refractivity contribution in [3.05, 3.63) is 39.9 Å². The van der Waals surface area contributed by atoms with Gasteiger partial charge in [0.2, 0.25) is 5.90 Å². The highest BCUT2D eigenvalue weighted by atomic mass is 16.6. The van der Waals surface area contributed by atoms with Crippen molar-refractivity contribution in [3.63, 3.8) is 0 Å². The molecule has 0 amide bonds. The maximum absolute atomic E-state index is 11.1. The number of rotatable bonds is 3. The van der Waals surface area contributed by atoms with E-state index < -0.39 is 10.5 Å². The molecule has 0 spiro atoms. The van der Waals surface area contributed by atoms with Crippen LogP contribution in [0.25, 0.3) is 0 Å². The van der Waals surface area contributed by atoms with Crippen LogP contribution in [0.2, 0.25) is 0 Å². The van der Waals surface area contributed by atoms with E-state index in [9.17, 15) is 10.1 Å². The molecule has 106 valence electrons. The standard InChI is InChI=1S/C14H16N2O4/c1-13(2)8-19-12(15-13)14(3)11(20-14)9-6-4-5-7-10(9)16(17)18/h4-7,11H,8H2,1-3H3/t11-,14-/m1/s1. The lowest BCUT2D eigenvalue weighted by molar-refractivity contribution is -0.385. The molecule has 2 atom stereocenters. The number of aliphatic imine (C=N–C) groups is 1. The van der Waals surface area contributed by atoms with Crippen LogP contribution in [0.4, 0.5) is 5.69 Å². The van der Waals surface area contributed by atoms with Gasteiger partial charge in [-0.3, -0.25) is 10.1 Å². The van der Waals surface area contributed by atoms with Gasteiger partial charge in [0.15, 0.2) is 5.60 Å². The number of nitro groups is 1. The van der Waals surface area contributed by atoms with Crippen molar-refractivity contribution in [1.82, 2.24) is 0 Å². The molecule has 0 saturated carbocycles. The van der Waals surface area contributed by atoms with E-state index in [0.29, 0.717) is 18.1 Å². The Labute approximate surface area is 116 Å². The largest absolute Gasteiger partial charge is 0.476 e. The molecule has 6 heteroatoms. The van der Waals surface area contributed by atoms with Gasteiger partial charge in [-0.1, -0.05) is 12.1 Å². The van der Waals surface area contributed by atoms with E-state index in [1.807, 2.05) is 20.8 Å². The average molecular weight is 276 g/mol. The molecule has 2 heterocycles. The zero-order valence-electron chi connectivity index (χ0n) is 11.6. The van der Waals surface area contributed by atoms with E-state index in [1.54, 1.807) is 18.2 Å². The molecule has 0 radical (unpaired) electrons. The lowest BCUT2D eigenvalue weighted by Crippen LogP contribution is -2.21. The van der Waals surface area contributed by atoms with E-state index in [0.717, 1.165) is 0 Å². The predicted octanol–water partition coefficient (Wildman–Crippen LogP) is 2.63. The number of benzene rings is 1. The Balaban J connectivity index is 1.91. The number of ether oxygens (including phenoxy) is 2. The number of hydrogen-bond donors (Lipinski definition) is 0. The molecule has 1 saturated heterocycles. The SMILES string of the molecule is CC1(C)COC([C@]2(C)O[C@@H]2c2ccccc2[N+](=O)[O-])=N1. The maximum atomic E-state index is 11.1. The van der Waals surface area contributed by atoms with Crippen LogP contribution in [0.1, 0.15) is 32.4 Å². The van der Waals surface area contributed by atoms with Crippen molar-refractivity contribution in [3.8, 4) is 0 Å². The number of epoxide rings is 1. The summed E-state index contributed by atoms with van der Waals surface area (Å²) in [5.74, 6) is 0.533. The molecule has 0 bridgehead atoms. The average Bonchev–Trinajstić information content (AvgIpc) is 2.94. The molecule has 3 rings (SSSR count). The summed E-state index contributed by atoms with van der Waals surface area (Å²) in [5.41, 5.74) is -0.327. The fraction of sp³-hybridized carbons (Fsp3) is 0.500. The molecule has 1 aromatic carbocycles. The van der Waals surface area contributed by atoms with E-state index in [-0.39, 0.29) is 17.3 Å². The molecule has 6 nitrogen and oxygen atoms in total. The van der Waals surface area contributed by atoms with Crippen LogP contribution in [0.3, 0.4) is 0 Å². The number of para-hydroxylation sites is 1. The lowest BCUT2D eigenvalue weighted by Gasteiger charge is -2.07. The molecule has 1 aromatic rings. The van der Waals surface area contributed by atoms with Gasteiger partial charge in [-0.25, -0.2) is 4.99 Å². The lowest BCUT2D eigenvalue weighted by atomic mass is 9.99. The molecular formula is C14H16N2O4. The normalized spacial score (nSPS) is 30.6. The van der Waals surface area contributed by atoms with Gasteiger partial charge in [0.25, 0.3) is 5.69 Å². The predicted molar refractivity (Wildman–Crippen MR) is 72.8 cm³/mol. The highest BCUT2D eigenvalue weighted by Gasteiger charge is 2.62. The second-order valence-corrected chi connectivity index (χ2v) is 5.94. The minimum atomic E-state index is -0.695. The first-order chi connectivity index (χ1) is 9.33. The quantitative estimate of drug-likeness (QED) is 0.483. The summed E-state index contributed by atoms with van der Waals surface area (Å²) < 4.78 is 11.3. The van der Waals surface area contributed by atoms with Gasteiger partial charge < -0.3 is 9.47 Å². The third kappa shape index (κ3) is 1.96. The van der Waals surface area contributed by atoms with Crippen molar-refractivity contribution in [1.29, 1.82) is 0 Å². The summed E-state index contributed by atoms with van der Waals surface area (Å²) in [4.78, 5) is 15.2. The number of hydrogen-bond acceptors (Lipinski definition) is 5. The van der Waals surface area contributed by atoms with Gasteiger partial charge in [-0.15, -0.1) is 0 Å². The zero-order chi connectivity index (χ0) is 14.5. The minimum Gasteiger partial charge on any atom is -0.476 e. The van der Waals surface area contributed by atoms with Gasteiger partial charge in [0.1, 0.15) is 12.7 Å². The summed E-state index contributed by atoms with van der Waals surface area (Å²) in [6.07, 6.45) is -0.378.